The quantitative estimate of drug-likeness (QED) is 0.784. The number of rotatable bonds is 4. The number of nitrogens with one attached hydrogen (secondary N) is 1. The van der Waals surface area contributed by atoms with E-state index in [4.69, 9.17) is 5.11 Å². The van der Waals surface area contributed by atoms with Gasteiger partial charge in [0, 0.05) is 0 Å². The van der Waals surface area contributed by atoms with Gasteiger partial charge in [0.25, 0.3) is 0 Å². The third-order valence-electron chi connectivity index (χ3n) is 2.34. The third-order valence-corrected chi connectivity index (χ3v) is 3.78. The summed E-state index contributed by atoms with van der Waals surface area (Å²) in [6, 6.07) is 5.31. The molecule has 0 aliphatic heterocycles. The standard InChI is InChI=1S/C11H17NO3S/c1-8(2)10-5-4-9(3)6-11(10)16(14,15)12-7-13/h4-6,8,12-13H,7H2,1-3H3. The Hall–Kier alpha value is -0.910. The van der Waals surface area contributed by atoms with E-state index in [-0.39, 0.29) is 10.8 Å². The SMILES string of the molecule is Cc1ccc(C(C)C)c(S(=O)(=O)NCO)c1. The highest BCUT2D eigenvalue weighted by molar-refractivity contribution is 7.89. The van der Waals surface area contributed by atoms with Crippen molar-refractivity contribution < 1.29 is 13.5 Å². The van der Waals surface area contributed by atoms with Crippen molar-refractivity contribution in [3.05, 3.63) is 29.3 Å². The fourth-order valence-corrected chi connectivity index (χ4v) is 2.79. The summed E-state index contributed by atoms with van der Waals surface area (Å²) < 4.78 is 25.8. The molecule has 0 aliphatic carbocycles. The van der Waals surface area contributed by atoms with Gasteiger partial charge in [-0.25, -0.2) is 8.42 Å². The molecule has 5 heteroatoms. The minimum atomic E-state index is -3.61. The van der Waals surface area contributed by atoms with Crippen LogP contribution in [0.5, 0.6) is 0 Å². The second-order valence-electron chi connectivity index (χ2n) is 4.00. The zero-order chi connectivity index (χ0) is 12.3. The number of aliphatic hydroxyl groups is 1. The van der Waals surface area contributed by atoms with E-state index in [1.54, 1.807) is 6.07 Å². The van der Waals surface area contributed by atoms with Gasteiger partial charge in [-0.1, -0.05) is 26.0 Å². The van der Waals surface area contributed by atoms with Crippen LogP contribution in [0.15, 0.2) is 23.1 Å². The summed E-state index contributed by atoms with van der Waals surface area (Å²) in [4.78, 5) is 0.247. The van der Waals surface area contributed by atoms with Crippen LogP contribution in [-0.4, -0.2) is 20.3 Å². The summed E-state index contributed by atoms with van der Waals surface area (Å²) in [5.41, 5.74) is 1.63. The average Bonchev–Trinajstić information content (AvgIpc) is 2.17. The molecular formula is C11H17NO3S. The van der Waals surface area contributed by atoms with E-state index in [0.717, 1.165) is 11.1 Å². The smallest absolute Gasteiger partial charge is 0.242 e. The van der Waals surface area contributed by atoms with E-state index < -0.39 is 16.8 Å². The molecule has 0 aromatic heterocycles. The van der Waals surface area contributed by atoms with Crippen LogP contribution in [0, 0.1) is 6.92 Å². The molecule has 1 aromatic carbocycles. The van der Waals surface area contributed by atoms with Gasteiger partial charge in [0.15, 0.2) is 0 Å². The summed E-state index contributed by atoms with van der Waals surface area (Å²) >= 11 is 0. The van der Waals surface area contributed by atoms with E-state index in [1.807, 2.05) is 32.9 Å². The largest absolute Gasteiger partial charge is 0.380 e. The maximum absolute atomic E-state index is 11.8. The summed E-state index contributed by atoms with van der Waals surface area (Å²) in [5, 5.41) is 8.67. The van der Waals surface area contributed by atoms with Crippen molar-refractivity contribution in [2.45, 2.75) is 31.6 Å². The lowest BCUT2D eigenvalue weighted by Crippen LogP contribution is -2.25. The van der Waals surface area contributed by atoms with Crippen LogP contribution in [0.4, 0.5) is 0 Å². The van der Waals surface area contributed by atoms with Gasteiger partial charge in [0.1, 0.15) is 6.73 Å². The molecule has 16 heavy (non-hydrogen) atoms. The van der Waals surface area contributed by atoms with Crippen LogP contribution >= 0.6 is 0 Å². The molecule has 0 aliphatic rings. The van der Waals surface area contributed by atoms with Crippen LogP contribution in [0.2, 0.25) is 0 Å². The first-order valence-electron chi connectivity index (χ1n) is 5.09. The Kier molecular flexibility index (Phi) is 4.07. The molecule has 0 spiro atoms. The highest BCUT2D eigenvalue weighted by Gasteiger charge is 2.19. The molecule has 0 saturated heterocycles. The van der Waals surface area contributed by atoms with Gasteiger partial charge in [-0.05, 0) is 30.0 Å². The molecule has 0 radical (unpaired) electrons. The lowest BCUT2D eigenvalue weighted by atomic mass is 10.0. The van der Waals surface area contributed by atoms with Gasteiger partial charge in [-0.2, -0.15) is 4.72 Å². The monoisotopic (exact) mass is 243 g/mol. The number of sulfonamides is 1. The Balaban J connectivity index is 3.36. The first-order chi connectivity index (χ1) is 7.38. The molecule has 1 rings (SSSR count). The van der Waals surface area contributed by atoms with Gasteiger partial charge >= 0.3 is 0 Å². The zero-order valence-electron chi connectivity index (χ0n) is 9.69. The van der Waals surface area contributed by atoms with Gasteiger partial charge in [-0.15, -0.1) is 0 Å². The predicted molar refractivity (Wildman–Crippen MR) is 62.7 cm³/mol. The average molecular weight is 243 g/mol. The highest BCUT2D eigenvalue weighted by Crippen LogP contribution is 2.24. The molecule has 0 unspecified atom stereocenters. The Bertz CT molecular complexity index is 466. The van der Waals surface area contributed by atoms with Crippen molar-refractivity contribution in [3.63, 3.8) is 0 Å². The van der Waals surface area contributed by atoms with E-state index >= 15 is 0 Å². The Labute approximate surface area is 96.4 Å². The van der Waals surface area contributed by atoms with Crippen LogP contribution in [0.25, 0.3) is 0 Å². The van der Waals surface area contributed by atoms with Gasteiger partial charge in [-0.3, -0.25) is 0 Å². The Morgan fingerprint density at radius 2 is 2.00 bits per heavy atom. The van der Waals surface area contributed by atoms with Gasteiger partial charge < -0.3 is 5.11 Å². The molecule has 0 bridgehead atoms. The molecule has 1 aromatic rings. The molecule has 0 heterocycles. The predicted octanol–water partition coefficient (Wildman–Crippen LogP) is 1.35. The first kappa shape index (κ1) is 13.2. The molecule has 90 valence electrons. The van der Waals surface area contributed by atoms with E-state index in [1.165, 1.54) is 0 Å². The molecular weight excluding hydrogens is 226 g/mol. The topological polar surface area (TPSA) is 66.4 Å². The third kappa shape index (κ3) is 2.81. The number of benzene rings is 1. The summed E-state index contributed by atoms with van der Waals surface area (Å²) in [5.74, 6) is 0.117. The second-order valence-corrected chi connectivity index (χ2v) is 5.74. The maximum Gasteiger partial charge on any atom is 0.242 e. The highest BCUT2D eigenvalue weighted by atomic mass is 32.2. The van der Waals surface area contributed by atoms with Crippen molar-refractivity contribution in [2.75, 3.05) is 6.73 Å². The van der Waals surface area contributed by atoms with Crippen molar-refractivity contribution in [1.29, 1.82) is 0 Å². The molecule has 0 fully saturated rings. The molecule has 0 amide bonds. The molecule has 0 atom stereocenters. The van der Waals surface area contributed by atoms with Gasteiger partial charge in [0.05, 0.1) is 4.90 Å². The second kappa shape index (κ2) is 4.95. The zero-order valence-corrected chi connectivity index (χ0v) is 10.5. The van der Waals surface area contributed by atoms with Crippen LogP contribution < -0.4 is 4.72 Å². The summed E-state index contributed by atoms with van der Waals surface area (Å²) in [6.07, 6.45) is 0. The number of hydrogen-bond acceptors (Lipinski definition) is 3. The van der Waals surface area contributed by atoms with E-state index in [0.29, 0.717) is 0 Å². The van der Waals surface area contributed by atoms with Crippen LogP contribution in [-0.2, 0) is 10.0 Å². The first-order valence-corrected chi connectivity index (χ1v) is 6.58. The number of aryl methyl sites for hydroxylation is 1. The van der Waals surface area contributed by atoms with E-state index in [2.05, 4.69) is 4.72 Å². The van der Waals surface area contributed by atoms with Crippen molar-refractivity contribution in [1.82, 2.24) is 4.72 Å². The lowest BCUT2D eigenvalue weighted by molar-refractivity contribution is 0.288. The number of aliphatic hydroxyl groups excluding tert-OH is 1. The Morgan fingerprint density at radius 1 is 1.38 bits per heavy atom. The van der Waals surface area contributed by atoms with E-state index in [9.17, 15) is 8.42 Å². The van der Waals surface area contributed by atoms with Crippen LogP contribution in [0.1, 0.15) is 30.9 Å². The van der Waals surface area contributed by atoms with Crippen LogP contribution in [0.3, 0.4) is 0 Å². The maximum atomic E-state index is 11.8. The molecule has 2 N–H and O–H groups in total. The normalized spacial score (nSPS) is 12.1. The van der Waals surface area contributed by atoms with Gasteiger partial charge in [0.2, 0.25) is 10.0 Å². The fourth-order valence-electron chi connectivity index (χ4n) is 1.51. The van der Waals surface area contributed by atoms with Crippen molar-refractivity contribution >= 4 is 10.0 Å². The van der Waals surface area contributed by atoms with Crippen molar-refractivity contribution in [3.8, 4) is 0 Å². The molecule has 4 nitrogen and oxygen atoms in total. The minimum Gasteiger partial charge on any atom is -0.380 e. The minimum absolute atomic E-state index is 0.117. The lowest BCUT2D eigenvalue weighted by Gasteiger charge is -2.13. The van der Waals surface area contributed by atoms with Crippen molar-refractivity contribution in [2.24, 2.45) is 0 Å². The number of hydrogen-bond donors (Lipinski definition) is 2. The summed E-state index contributed by atoms with van der Waals surface area (Å²) in [7, 11) is -3.61. The summed E-state index contributed by atoms with van der Waals surface area (Å²) in [6.45, 7) is 5.11. The fraction of sp³-hybridized carbons (Fsp3) is 0.455. The molecule has 0 saturated carbocycles. The Morgan fingerprint density at radius 3 is 2.50 bits per heavy atom.